The fourth-order valence-electron chi connectivity index (χ4n) is 4.88. The largest absolute Gasteiger partial charge is 0.871 e. The zero-order chi connectivity index (χ0) is 25.3. The lowest BCUT2D eigenvalue weighted by atomic mass is 9.77. The van der Waals surface area contributed by atoms with Crippen molar-refractivity contribution in [3.8, 4) is 0 Å². The molecule has 2 aliphatic rings. The molecule has 0 spiro atoms. The molecule has 0 unspecified atom stereocenters. The van der Waals surface area contributed by atoms with Crippen LogP contribution in [-0.4, -0.2) is 47.3 Å². The maximum atomic E-state index is 13.1. The Bertz CT molecular complexity index is 1270. The summed E-state index contributed by atoms with van der Waals surface area (Å²) in [5.41, 5.74) is 4.89. The number of carboxylic acids is 1. The summed E-state index contributed by atoms with van der Waals surface area (Å²) >= 11 is 0. The van der Waals surface area contributed by atoms with Gasteiger partial charge in [0, 0.05) is 54.6 Å². The number of fused-ring (bicyclic) bond motifs is 1. The van der Waals surface area contributed by atoms with E-state index in [1.165, 1.54) is 5.56 Å². The maximum Gasteiger partial charge on any atom is 0.305 e. The van der Waals surface area contributed by atoms with E-state index < -0.39 is 5.97 Å². The van der Waals surface area contributed by atoms with Gasteiger partial charge in [-0.05, 0) is 31.5 Å². The second-order valence-electron chi connectivity index (χ2n) is 9.74. The number of Topliss-reactive ketones (excluding diaryl/α,β-unsaturated/α-hetero) is 1. The van der Waals surface area contributed by atoms with Crippen molar-refractivity contribution in [2.24, 2.45) is 0 Å². The van der Waals surface area contributed by atoms with Crippen molar-refractivity contribution in [1.82, 2.24) is 0 Å². The van der Waals surface area contributed by atoms with Crippen molar-refractivity contribution in [3.05, 3.63) is 77.1 Å². The lowest BCUT2D eigenvalue weighted by molar-refractivity contribution is -0.438. The van der Waals surface area contributed by atoms with E-state index in [9.17, 15) is 14.7 Å². The molecule has 35 heavy (non-hydrogen) atoms. The number of unbranched alkanes of at least 4 members (excludes halogenated alkanes) is 1. The summed E-state index contributed by atoms with van der Waals surface area (Å²) in [5, 5.41) is 22.0. The second kappa shape index (κ2) is 9.53. The molecular formula is C29H32N2O4. The summed E-state index contributed by atoms with van der Waals surface area (Å²) in [5.74, 6) is -1.30. The Hall–Kier alpha value is -3.67. The van der Waals surface area contributed by atoms with Crippen LogP contribution < -0.4 is 10.0 Å². The SMILES string of the molecule is CCCC[N+]1=C(C=C2C(=O)C(c3ccc(N(C)CCC(=O)O)cc3)=C2[O-])C(C)(C)c2ccccc21. The van der Waals surface area contributed by atoms with E-state index in [1.807, 2.05) is 36.2 Å². The van der Waals surface area contributed by atoms with Crippen LogP contribution in [0.25, 0.3) is 5.57 Å². The highest BCUT2D eigenvalue weighted by molar-refractivity contribution is 6.40. The zero-order valence-electron chi connectivity index (χ0n) is 20.8. The van der Waals surface area contributed by atoms with Gasteiger partial charge in [-0.15, -0.1) is 0 Å². The highest BCUT2D eigenvalue weighted by atomic mass is 16.4. The summed E-state index contributed by atoms with van der Waals surface area (Å²) in [6, 6.07) is 15.4. The van der Waals surface area contributed by atoms with Gasteiger partial charge in [0.05, 0.1) is 11.8 Å². The van der Waals surface area contributed by atoms with E-state index in [2.05, 4.69) is 37.5 Å². The fourth-order valence-corrected chi connectivity index (χ4v) is 4.88. The number of carboxylic acid groups (broad SMARTS) is 1. The van der Waals surface area contributed by atoms with Gasteiger partial charge in [0.25, 0.3) is 0 Å². The standard InChI is InChI=1S/C29H32N2O4/c1-5-6-16-31-23-10-8-7-9-22(23)29(2,3)24(31)18-21-27(34)26(28(21)35)19-11-13-20(14-12-19)30(4)17-15-25(32)33/h7-14,18H,5-6,15-17H2,1-4H3,(H-,32,33,34,35). The predicted octanol–water partition coefficient (Wildman–Crippen LogP) is 4.05. The number of anilines is 1. The minimum Gasteiger partial charge on any atom is -0.871 e. The maximum absolute atomic E-state index is 13.1. The van der Waals surface area contributed by atoms with Gasteiger partial charge in [0.2, 0.25) is 5.69 Å². The third-order valence-electron chi connectivity index (χ3n) is 7.02. The van der Waals surface area contributed by atoms with Gasteiger partial charge in [-0.1, -0.05) is 49.4 Å². The first-order chi connectivity index (χ1) is 16.7. The Balaban J connectivity index is 1.65. The molecule has 0 fully saturated rings. The van der Waals surface area contributed by atoms with Gasteiger partial charge in [-0.25, -0.2) is 0 Å². The van der Waals surface area contributed by atoms with Gasteiger partial charge >= 0.3 is 5.97 Å². The van der Waals surface area contributed by atoms with E-state index in [0.29, 0.717) is 12.1 Å². The molecule has 1 heterocycles. The van der Waals surface area contributed by atoms with Crippen LogP contribution in [0.4, 0.5) is 11.4 Å². The summed E-state index contributed by atoms with van der Waals surface area (Å²) < 4.78 is 2.26. The number of benzene rings is 2. The number of hydrogen-bond acceptors (Lipinski definition) is 4. The molecule has 1 aliphatic heterocycles. The van der Waals surface area contributed by atoms with Crippen molar-refractivity contribution >= 4 is 34.4 Å². The molecule has 0 saturated heterocycles. The van der Waals surface area contributed by atoms with Crippen LogP contribution in [0, 0.1) is 0 Å². The first kappa shape index (κ1) is 24.5. The summed E-state index contributed by atoms with van der Waals surface area (Å²) in [7, 11) is 1.81. The number of para-hydroxylation sites is 1. The Kier molecular flexibility index (Phi) is 6.66. The van der Waals surface area contributed by atoms with Crippen LogP contribution in [0.2, 0.25) is 0 Å². The van der Waals surface area contributed by atoms with Crippen LogP contribution >= 0.6 is 0 Å². The summed E-state index contributed by atoms with van der Waals surface area (Å²) in [6.07, 6.45) is 3.91. The summed E-state index contributed by atoms with van der Waals surface area (Å²) in [6.45, 7) is 7.65. The van der Waals surface area contributed by atoms with Crippen molar-refractivity contribution in [2.75, 3.05) is 25.0 Å². The highest BCUT2D eigenvalue weighted by Gasteiger charge is 2.45. The predicted molar refractivity (Wildman–Crippen MR) is 136 cm³/mol. The molecule has 0 amide bonds. The van der Waals surface area contributed by atoms with Crippen LogP contribution in [0.15, 0.2) is 65.9 Å². The minimum atomic E-state index is -0.853. The molecule has 1 aliphatic carbocycles. The second-order valence-corrected chi connectivity index (χ2v) is 9.74. The Morgan fingerprint density at radius 2 is 1.83 bits per heavy atom. The van der Waals surface area contributed by atoms with Gasteiger partial charge < -0.3 is 15.1 Å². The average molecular weight is 473 g/mol. The Labute approximate surface area is 206 Å². The lowest BCUT2D eigenvalue weighted by Gasteiger charge is -2.31. The number of allylic oxidation sites excluding steroid dienone is 3. The molecule has 0 aromatic heterocycles. The normalized spacial score (nSPS) is 17.6. The van der Waals surface area contributed by atoms with Crippen molar-refractivity contribution in [1.29, 1.82) is 0 Å². The lowest BCUT2D eigenvalue weighted by Crippen LogP contribution is -2.33. The molecule has 4 rings (SSSR count). The molecule has 1 N–H and O–H groups in total. The Morgan fingerprint density at radius 1 is 1.14 bits per heavy atom. The van der Waals surface area contributed by atoms with E-state index in [4.69, 9.17) is 5.11 Å². The molecule has 0 radical (unpaired) electrons. The third kappa shape index (κ3) is 4.41. The van der Waals surface area contributed by atoms with Gasteiger partial charge in [-0.2, -0.15) is 4.58 Å². The molecule has 0 bridgehead atoms. The first-order valence-electron chi connectivity index (χ1n) is 12.1. The van der Waals surface area contributed by atoms with Crippen LogP contribution in [0.5, 0.6) is 0 Å². The van der Waals surface area contributed by atoms with Crippen LogP contribution in [0.1, 0.15) is 51.2 Å². The number of nitrogens with zero attached hydrogens (tertiary/aromatic N) is 2. The topological polar surface area (TPSA) is 83.7 Å². The number of rotatable bonds is 9. The number of carbonyl (C=O) groups is 2. The molecule has 182 valence electrons. The number of carbonyl (C=O) groups excluding carboxylic acids is 1. The van der Waals surface area contributed by atoms with E-state index in [0.717, 1.165) is 36.5 Å². The Morgan fingerprint density at radius 3 is 2.46 bits per heavy atom. The third-order valence-corrected chi connectivity index (χ3v) is 7.02. The number of hydrogen-bond donors (Lipinski definition) is 1. The van der Waals surface area contributed by atoms with Crippen molar-refractivity contribution in [3.63, 3.8) is 0 Å². The monoisotopic (exact) mass is 472 g/mol. The van der Waals surface area contributed by atoms with Gasteiger partial charge in [0.1, 0.15) is 6.54 Å². The van der Waals surface area contributed by atoms with Gasteiger partial charge in [0.15, 0.2) is 11.5 Å². The molecule has 6 heteroatoms. The molecule has 2 aromatic carbocycles. The molecule has 0 saturated carbocycles. The quantitative estimate of drug-likeness (QED) is 0.440. The molecule has 6 nitrogen and oxygen atoms in total. The fraction of sp³-hybridized carbons (Fsp3) is 0.345. The van der Waals surface area contributed by atoms with E-state index in [1.54, 1.807) is 18.2 Å². The zero-order valence-corrected chi connectivity index (χ0v) is 20.8. The van der Waals surface area contributed by atoms with Crippen molar-refractivity contribution in [2.45, 2.75) is 45.4 Å². The van der Waals surface area contributed by atoms with Gasteiger partial charge in [-0.3, -0.25) is 9.59 Å². The number of aliphatic carboxylic acids is 1. The molecule has 2 aromatic rings. The van der Waals surface area contributed by atoms with Crippen LogP contribution in [-0.2, 0) is 15.0 Å². The number of ketones is 1. The van der Waals surface area contributed by atoms with E-state index in [-0.39, 0.29) is 34.5 Å². The first-order valence-corrected chi connectivity index (χ1v) is 12.1. The molecule has 0 atom stereocenters. The van der Waals surface area contributed by atoms with Crippen LogP contribution in [0.3, 0.4) is 0 Å². The van der Waals surface area contributed by atoms with E-state index >= 15 is 0 Å². The smallest absolute Gasteiger partial charge is 0.305 e. The highest BCUT2D eigenvalue weighted by Crippen LogP contribution is 2.42. The minimum absolute atomic E-state index is 0.0368. The van der Waals surface area contributed by atoms with Crippen molar-refractivity contribution < 1.29 is 24.4 Å². The summed E-state index contributed by atoms with van der Waals surface area (Å²) in [4.78, 5) is 25.8. The average Bonchev–Trinajstić information content (AvgIpc) is 3.06. The molecular weight excluding hydrogens is 440 g/mol.